The van der Waals surface area contributed by atoms with Crippen LogP contribution in [0.5, 0.6) is 0 Å². The summed E-state index contributed by atoms with van der Waals surface area (Å²) in [4.78, 5) is 4.58. The standard InChI is InChI=1S/C19H19NO/c1-2-3-7-15-10-12-17(13-11-15)19-20-18(14-21-19)16-8-5-4-6-9-16/h4-6,8-14H,2-3,7H2,1H3. The molecule has 3 rings (SSSR count). The second-order valence-corrected chi connectivity index (χ2v) is 5.20. The van der Waals surface area contributed by atoms with Gasteiger partial charge in [0.2, 0.25) is 5.89 Å². The summed E-state index contributed by atoms with van der Waals surface area (Å²) in [5.41, 5.74) is 4.35. The molecule has 2 aromatic carbocycles. The van der Waals surface area contributed by atoms with Crippen LogP contribution in [0.25, 0.3) is 22.7 Å². The van der Waals surface area contributed by atoms with Crippen LogP contribution in [0.3, 0.4) is 0 Å². The lowest BCUT2D eigenvalue weighted by Crippen LogP contribution is -1.85. The first-order valence-corrected chi connectivity index (χ1v) is 7.47. The van der Waals surface area contributed by atoms with Gasteiger partial charge in [0.1, 0.15) is 12.0 Å². The fraction of sp³-hybridized carbons (Fsp3) is 0.211. The van der Waals surface area contributed by atoms with Gasteiger partial charge in [0, 0.05) is 11.1 Å². The monoisotopic (exact) mass is 277 g/mol. The van der Waals surface area contributed by atoms with Gasteiger partial charge in [-0.2, -0.15) is 0 Å². The normalized spacial score (nSPS) is 10.7. The van der Waals surface area contributed by atoms with E-state index < -0.39 is 0 Å². The van der Waals surface area contributed by atoms with Crippen molar-refractivity contribution < 1.29 is 4.42 Å². The van der Waals surface area contributed by atoms with Crippen molar-refractivity contribution in [2.45, 2.75) is 26.2 Å². The van der Waals surface area contributed by atoms with Gasteiger partial charge in [-0.05, 0) is 30.5 Å². The van der Waals surface area contributed by atoms with Gasteiger partial charge in [0.05, 0.1) is 0 Å². The number of nitrogens with zero attached hydrogens (tertiary/aromatic N) is 1. The molecule has 1 heterocycles. The van der Waals surface area contributed by atoms with Crippen molar-refractivity contribution >= 4 is 0 Å². The van der Waals surface area contributed by atoms with Crippen molar-refractivity contribution in [2.24, 2.45) is 0 Å². The SMILES string of the molecule is CCCCc1ccc(-c2nc(-c3ccccc3)co2)cc1. The van der Waals surface area contributed by atoms with Crippen LogP contribution in [0.2, 0.25) is 0 Å². The lowest BCUT2D eigenvalue weighted by Gasteiger charge is -2.00. The number of aryl methyl sites for hydroxylation is 1. The van der Waals surface area contributed by atoms with Gasteiger partial charge in [-0.25, -0.2) is 4.98 Å². The summed E-state index contributed by atoms with van der Waals surface area (Å²) in [5.74, 6) is 0.677. The summed E-state index contributed by atoms with van der Waals surface area (Å²) >= 11 is 0. The maximum absolute atomic E-state index is 5.62. The zero-order chi connectivity index (χ0) is 14.5. The summed E-state index contributed by atoms with van der Waals surface area (Å²) in [6.07, 6.45) is 5.31. The third kappa shape index (κ3) is 3.22. The van der Waals surface area contributed by atoms with Crippen molar-refractivity contribution in [3.63, 3.8) is 0 Å². The average molecular weight is 277 g/mol. The predicted octanol–water partition coefficient (Wildman–Crippen LogP) is 5.35. The van der Waals surface area contributed by atoms with E-state index in [4.69, 9.17) is 4.42 Å². The maximum Gasteiger partial charge on any atom is 0.226 e. The fourth-order valence-electron chi connectivity index (χ4n) is 2.34. The molecule has 0 atom stereocenters. The van der Waals surface area contributed by atoms with E-state index in [1.165, 1.54) is 18.4 Å². The first-order chi connectivity index (χ1) is 10.4. The Labute approximate surface area is 125 Å². The highest BCUT2D eigenvalue weighted by molar-refractivity contribution is 5.62. The Bertz CT molecular complexity index is 683. The lowest BCUT2D eigenvalue weighted by atomic mass is 10.1. The van der Waals surface area contributed by atoms with E-state index >= 15 is 0 Å². The number of unbranched alkanes of at least 4 members (excludes halogenated alkanes) is 1. The molecule has 0 amide bonds. The minimum absolute atomic E-state index is 0.677. The lowest BCUT2D eigenvalue weighted by molar-refractivity contribution is 0.575. The van der Waals surface area contributed by atoms with Gasteiger partial charge in [0.15, 0.2) is 0 Å². The Morgan fingerprint density at radius 1 is 0.905 bits per heavy atom. The van der Waals surface area contributed by atoms with Crippen LogP contribution in [-0.2, 0) is 6.42 Å². The molecule has 0 saturated heterocycles. The van der Waals surface area contributed by atoms with Crippen molar-refractivity contribution in [3.8, 4) is 22.7 Å². The quantitative estimate of drug-likeness (QED) is 0.628. The summed E-state index contributed by atoms with van der Waals surface area (Å²) in [7, 11) is 0. The fourth-order valence-corrected chi connectivity index (χ4v) is 2.34. The van der Waals surface area contributed by atoms with Crippen molar-refractivity contribution in [3.05, 3.63) is 66.4 Å². The van der Waals surface area contributed by atoms with Crippen LogP contribution in [0.4, 0.5) is 0 Å². The molecule has 21 heavy (non-hydrogen) atoms. The smallest absolute Gasteiger partial charge is 0.226 e. The van der Waals surface area contributed by atoms with Crippen molar-refractivity contribution in [1.29, 1.82) is 0 Å². The molecule has 106 valence electrons. The third-order valence-corrected chi connectivity index (χ3v) is 3.59. The Kier molecular flexibility index (Phi) is 4.15. The van der Waals surface area contributed by atoms with Crippen LogP contribution in [0.15, 0.2) is 65.3 Å². The molecule has 0 aliphatic carbocycles. The van der Waals surface area contributed by atoms with E-state index in [1.807, 2.05) is 30.3 Å². The van der Waals surface area contributed by atoms with E-state index in [-0.39, 0.29) is 0 Å². The minimum atomic E-state index is 0.677. The predicted molar refractivity (Wildman–Crippen MR) is 86.0 cm³/mol. The molecule has 1 aromatic heterocycles. The van der Waals surface area contributed by atoms with Crippen molar-refractivity contribution in [1.82, 2.24) is 4.98 Å². The highest BCUT2D eigenvalue weighted by atomic mass is 16.3. The van der Waals surface area contributed by atoms with Gasteiger partial charge in [-0.15, -0.1) is 0 Å². The molecule has 3 aromatic rings. The molecule has 2 nitrogen and oxygen atoms in total. The molecule has 0 unspecified atom stereocenters. The van der Waals surface area contributed by atoms with E-state index in [9.17, 15) is 0 Å². The maximum atomic E-state index is 5.62. The van der Waals surface area contributed by atoms with E-state index in [1.54, 1.807) is 6.26 Å². The molecular weight excluding hydrogens is 258 g/mol. The number of hydrogen-bond donors (Lipinski definition) is 0. The van der Waals surface area contributed by atoms with Gasteiger partial charge in [0.25, 0.3) is 0 Å². The highest BCUT2D eigenvalue weighted by Gasteiger charge is 2.08. The number of benzene rings is 2. The second-order valence-electron chi connectivity index (χ2n) is 5.20. The number of hydrogen-bond acceptors (Lipinski definition) is 2. The van der Waals surface area contributed by atoms with Gasteiger partial charge in [-0.3, -0.25) is 0 Å². The van der Waals surface area contributed by atoms with Gasteiger partial charge >= 0.3 is 0 Å². The first-order valence-electron chi connectivity index (χ1n) is 7.47. The molecule has 0 aliphatic rings. The molecule has 0 spiro atoms. The number of rotatable bonds is 5. The molecule has 0 N–H and O–H groups in total. The molecular formula is C19H19NO. The van der Waals surface area contributed by atoms with Crippen LogP contribution < -0.4 is 0 Å². The summed E-state index contributed by atoms with van der Waals surface area (Å²) in [6.45, 7) is 2.21. The highest BCUT2D eigenvalue weighted by Crippen LogP contribution is 2.24. The minimum Gasteiger partial charge on any atom is -0.444 e. The first kappa shape index (κ1) is 13.6. The molecule has 0 fully saturated rings. The summed E-state index contributed by atoms with van der Waals surface area (Å²) < 4.78 is 5.62. The largest absolute Gasteiger partial charge is 0.444 e. The van der Waals surface area contributed by atoms with Crippen LogP contribution in [0, 0.1) is 0 Å². The van der Waals surface area contributed by atoms with Crippen LogP contribution in [0.1, 0.15) is 25.3 Å². The molecule has 0 saturated carbocycles. The summed E-state index contributed by atoms with van der Waals surface area (Å²) in [5, 5.41) is 0. The Balaban J connectivity index is 1.80. The van der Waals surface area contributed by atoms with E-state index in [0.717, 1.165) is 23.2 Å². The third-order valence-electron chi connectivity index (χ3n) is 3.59. The zero-order valence-corrected chi connectivity index (χ0v) is 12.3. The number of aromatic nitrogens is 1. The van der Waals surface area contributed by atoms with Crippen LogP contribution in [-0.4, -0.2) is 4.98 Å². The molecule has 0 radical (unpaired) electrons. The van der Waals surface area contributed by atoms with Gasteiger partial charge < -0.3 is 4.42 Å². The van der Waals surface area contributed by atoms with Crippen molar-refractivity contribution in [2.75, 3.05) is 0 Å². The molecule has 0 bridgehead atoms. The Morgan fingerprint density at radius 3 is 2.38 bits per heavy atom. The zero-order valence-electron chi connectivity index (χ0n) is 12.3. The van der Waals surface area contributed by atoms with E-state index in [0.29, 0.717) is 5.89 Å². The molecule has 0 aliphatic heterocycles. The number of oxazole rings is 1. The topological polar surface area (TPSA) is 26.0 Å². The van der Waals surface area contributed by atoms with E-state index in [2.05, 4.69) is 36.2 Å². The Morgan fingerprint density at radius 2 is 1.67 bits per heavy atom. The molecule has 2 heteroatoms. The second kappa shape index (κ2) is 6.40. The van der Waals surface area contributed by atoms with Gasteiger partial charge in [-0.1, -0.05) is 55.8 Å². The Hall–Kier alpha value is -2.35. The summed E-state index contributed by atoms with van der Waals surface area (Å²) in [6, 6.07) is 18.6. The van der Waals surface area contributed by atoms with Crippen LogP contribution >= 0.6 is 0 Å². The average Bonchev–Trinajstić information content (AvgIpc) is 3.04.